The van der Waals surface area contributed by atoms with E-state index in [4.69, 9.17) is 0 Å². The van der Waals surface area contributed by atoms with Crippen LogP contribution in [-0.4, -0.2) is 30.0 Å². The van der Waals surface area contributed by atoms with Crippen LogP contribution in [0.2, 0.25) is 0 Å². The summed E-state index contributed by atoms with van der Waals surface area (Å²) in [6.07, 6.45) is -1.39. The largest absolute Gasteiger partial charge is 0.386 e. The molecule has 0 saturated heterocycles. The average molecular weight is 368 g/mol. The lowest BCUT2D eigenvalue weighted by atomic mass is 10.1. The maximum absolute atomic E-state index is 12.1. The van der Waals surface area contributed by atoms with Crippen LogP contribution in [0.15, 0.2) is 53.4 Å². The van der Waals surface area contributed by atoms with Gasteiger partial charge in [-0.05, 0) is 23.8 Å². The summed E-state index contributed by atoms with van der Waals surface area (Å²) in [5.41, 5.74) is -0.639. The van der Waals surface area contributed by atoms with Crippen LogP contribution >= 0.6 is 0 Å². The minimum atomic E-state index is -4.47. The zero-order valence-corrected chi connectivity index (χ0v) is 13.3. The second-order valence-corrected chi connectivity index (χ2v) is 6.41. The van der Waals surface area contributed by atoms with Gasteiger partial charge in [0.2, 0.25) is 0 Å². The van der Waals surface area contributed by atoms with Crippen molar-refractivity contribution in [3.8, 4) is 0 Å². The molecule has 132 valence electrons. The predicted molar refractivity (Wildman–Crippen MR) is 84.3 cm³/mol. The van der Waals surface area contributed by atoms with E-state index in [0.717, 1.165) is 24.3 Å². The summed E-state index contributed by atoms with van der Waals surface area (Å²) in [4.78, 5) is 19.4. The zero-order valence-electron chi connectivity index (χ0n) is 12.5. The Labute approximate surface area is 141 Å². The molecule has 0 aliphatic heterocycles. The van der Waals surface area contributed by atoms with E-state index in [9.17, 15) is 33.8 Å². The first-order valence-electron chi connectivity index (χ1n) is 6.77. The number of para-hydroxylation sites is 1. The number of rotatable bonds is 7. The number of aliphatic hydroxyl groups excluding tert-OH is 1. The first-order valence-corrected chi connectivity index (χ1v) is 8.18. The lowest BCUT2D eigenvalue weighted by Gasteiger charge is -2.11. The summed E-state index contributed by atoms with van der Waals surface area (Å²) in [5, 5.41) is 31.4. The van der Waals surface area contributed by atoms with Crippen molar-refractivity contribution in [1.82, 2.24) is 0 Å². The number of nitro benzene ring substituents is 2. The maximum atomic E-state index is 12.1. The number of hydrogen-bond donors (Lipinski definition) is 1. The van der Waals surface area contributed by atoms with E-state index in [2.05, 4.69) is 4.18 Å². The monoisotopic (exact) mass is 368 g/mol. The molecule has 0 spiro atoms. The summed E-state index contributed by atoms with van der Waals surface area (Å²) >= 11 is 0. The van der Waals surface area contributed by atoms with E-state index < -0.39 is 43.3 Å². The van der Waals surface area contributed by atoms with Gasteiger partial charge in [-0.15, -0.1) is 0 Å². The third kappa shape index (κ3) is 4.35. The molecule has 1 N–H and O–H groups in total. The Balaban J connectivity index is 2.14. The molecule has 0 aliphatic carbocycles. The Hall–Kier alpha value is -2.89. The zero-order chi connectivity index (χ0) is 18.6. The first-order chi connectivity index (χ1) is 11.7. The van der Waals surface area contributed by atoms with Crippen LogP contribution < -0.4 is 0 Å². The number of non-ortho nitro benzene ring substituents is 1. The van der Waals surface area contributed by atoms with Crippen LogP contribution in [0.1, 0.15) is 11.7 Å². The Kier molecular flexibility index (Phi) is 5.41. The Morgan fingerprint density at radius 2 is 1.60 bits per heavy atom. The molecular weight excluding hydrogens is 356 g/mol. The fourth-order valence-electron chi connectivity index (χ4n) is 1.95. The Bertz CT molecular complexity index is 895. The van der Waals surface area contributed by atoms with Crippen molar-refractivity contribution in [3.05, 3.63) is 74.3 Å². The summed E-state index contributed by atoms with van der Waals surface area (Å²) < 4.78 is 28.9. The number of nitrogens with zero attached hydrogens (tertiary/aromatic N) is 2. The number of aliphatic hydroxyl groups is 1. The van der Waals surface area contributed by atoms with Crippen LogP contribution in [0.3, 0.4) is 0 Å². The van der Waals surface area contributed by atoms with Gasteiger partial charge in [0.15, 0.2) is 4.90 Å². The number of benzene rings is 2. The summed E-state index contributed by atoms with van der Waals surface area (Å²) in [5.74, 6) is 0. The highest BCUT2D eigenvalue weighted by Gasteiger charge is 2.27. The SMILES string of the molecule is O=[N+]([O-])c1ccc(C(O)COS(=O)(=O)c2ccccc2[N+](=O)[O-])cc1. The standard InChI is InChI=1S/C14H12N2O8S/c17-13(10-5-7-11(8-6-10)15(18)19)9-24-25(22,23)14-4-2-1-3-12(14)16(20)21/h1-8,13,17H,9H2. The van der Waals surface area contributed by atoms with E-state index in [1.54, 1.807) is 0 Å². The van der Waals surface area contributed by atoms with Gasteiger partial charge < -0.3 is 5.11 Å². The molecule has 0 aromatic heterocycles. The van der Waals surface area contributed by atoms with E-state index in [1.165, 1.54) is 24.3 Å². The molecule has 2 rings (SSSR count). The maximum Gasteiger partial charge on any atom is 0.303 e. The van der Waals surface area contributed by atoms with Crippen molar-refractivity contribution >= 4 is 21.5 Å². The van der Waals surface area contributed by atoms with Gasteiger partial charge in [-0.3, -0.25) is 24.4 Å². The average Bonchev–Trinajstić information content (AvgIpc) is 2.59. The minimum absolute atomic E-state index is 0.190. The van der Waals surface area contributed by atoms with Crippen molar-refractivity contribution in [2.24, 2.45) is 0 Å². The van der Waals surface area contributed by atoms with Crippen LogP contribution in [0, 0.1) is 20.2 Å². The molecule has 0 radical (unpaired) electrons. The first kappa shape index (κ1) is 18.4. The van der Waals surface area contributed by atoms with Gasteiger partial charge >= 0.3 is 10.1 Å². The highest BCUT2D eigenvalue weighted by Crippen LogP contribution is 2.26. The van der Waals surface area contributed by atoms with Gasteiger partial charge in [-0.25, -0.2) is 0 Å². The van der Waals surface area contributed by atoms with Crippen molar-refractivity contribution in [2.45, 2.75) is 11.0 Å². The fraction of sp³-hybridized carbons (Fsp3) is 0.143. The molecule has 0 fully saturated rings. The highest BCUT2D eigenvalue weighted by atomic mass is 32.2. The molecular formula is C14H12N2O8S. The van der Waals surface area contributed by atoms with Gasteiger partial charge in [-0.2, -0.15) is 8.42 Å². The van der Waals surface area contributed by atoms with E-state index >= 15 is 0 Å². The van der Waals surface area contributed by atoms with Crippen molar-refractivity contribution in [1.29, 1.82) is 0 Å². The smallest absolute Gasteiger partial charge is 0.303 e. The van der Waals surface area contributed by atoms with Crippen molar-refractivity contribution in [2.75, 3.05) is 6.61 Å². The van der Waals surface area contributed by atoms with Crippen LogP contribution in [0.25, 0.3) is 0 Å². The number of nitro groups is 2. The molecule has 0 bridgehead atoms. The summed E-state index contributed by atoms with van der Waals surface area (Å²) in [6, 6.07) is 9.45. The molecule has 1 unspecified atom stereocenters. The van der Waals surface area contributed by atoms with Crippen molar-refractivity contribution in [3.63, 3.8) is 0 Å². The van der Waals surface area contributed by atoms with Crippen LogP contribution in [-0.2, 0) is 14.3 Å². The quantitative estimate of drug-likeness (QED) is 0.442. The van der Waals surface area contributed by atoms with Gasteiger partial charge in [0.25, 0.3) is 11.4 Å². The second-order valence-electron chi connectivity index (χ2n) is 4.83. The molecule has 2 aromatic carbocycles. The molecule has 11 heteroatoms. The lowest BCUT2D eigenvalue weighted by molar-refractivity contribution is -0.387. The molecule has 0 amide bonds. The molecule has 1 atom stereocenters. The molecule has 0 aliphatic rings. The normalized spacial score (nSPS) is 12.5. The van der Waals surface area contributed by atoms with Crippen molar-refractivity contribution < 1.29 is 27.6 Å². The molecule has 25 heavy (non-hydrogen) atoms. The summed E-state index contributed by atoms with van der Waals surface area (Å²) in [6.45, 7) is -0.702. The summed E-state index contributed by atoms with van der Waals surface area (Å²) in [7, 11) is -4.47. The van der Waals surface area contributed by atoms with Gasteiger partial charge in [0, 0.05) is 18.2 Å². The minimum Gasteiger partial charge on any atom is -0.386 e. The third-order valence-corrected chi connectivity index (χ3v) is 4.53. The fourth-order valence-corrected chi connectivity index (χ4v) is 3.03. The van der Waals surface area contributed by atoms with Gasteiger partial charge in [-0.1, -0.05) is 12.1 Å². The number of hydrogen-bond acceptors (Lipinski definition) is 8. The van der Waals surface area contributed by atoms with E-state index in [0.29, 0.717) is 0 Å². The molecule has 0 heterocycles. The second kappa shape index (κ2) is 7.34. The van der Waals surface area contributed by atoms with E-state index in [-0.39, 0.29) is 11.3 Å². The third-order valence-electron chi connectivity index (χ3n) is 3.20. The molecule has 10 nitrogen and oxygen atoms in total. The van der Waals surface area contributed by atoms with Crippen LogP contribution in [0.5, 0.6) is 0 Å². The van der Waals surface area contributed by atoms with E-state index in [1.807, 2.05) is 0 Å². The Morgan fingerprint density at radius 1 is 1.00 bits per heavy atom. The topological polar surface area (TPSA) is 150 Å². The highest BCUT2D eigenvalue weighted by molar-refractivity contribution is 7.87. The van der Waals surface area contributed by atoms with Crippen LogP contribution in [0.4, 0.5) is 11.4 Å². The molecule has 2 aromatic rings. The van der Waals surface area contributed by atoms with Gasteiger partial charge in [0.1, 0.15) is 6.10 Å². The Morgan fingerprint density at radius 3 is 2.16 bits per heavy atom. The lowest BCUT2D eigenvalue weighted by Crippen LogP contribution is -2.14. The molecule has 0 saturated carbocycles. The van der Waals surface area contributed by atoms with Gasteiger partial charge in [0.05, 0.1) is 16.5 Å². The predicted octanol–water partition coefficient (Wildman–Crippen LogP) is 1.94.